The third-order valence-corrected chi connectivity index (χ3v) is 5.16. The van der Waals surface area contributed by atoms with Crippen LogP contribution in [-0.2, 0) is 0 Å². The molecule has 0 N–H and O–H groups in total. The number of likely N-dealkylation sites (tertiary alicyclic amines) is 1. The fourth-order valence-electron chi connectivity index (χ4n) is 4.24. The van der Waals surface area contributed by atoms with Crippen molar-refractivity contribution < 1.29 is 0 Å². The molecule has 1 saturated carbocycles. The molecular formula is C18H24N2. The average Bonchev–Trinajstić information content (AvgIpc) is 2.53. The largest absolute Gasteiger partial charge is 0.292 e. The Morgan fingerprint density at radius 1 is 1.10 bits per heavy atom. The summed E-state index contributed by atoms with van der Waals surface area (Å²) >= 11 is 0. The lowest BCUT2D eigenvalue weighted by atomic mass is 9.77. The molecule has 0 spiro atoms. The summed E-state index contributed by atoms with van der Waals surface area (Å²) in [6.45, 7) is 1.17. The van der Waals surface area contributed by atoms with Crippen LogP contribution < -0.4 is 0 Å². The van der Waals surface area contributed by atoms with Crippen LogP contribution >= 0.6 is 0 Å². The van der Waals surface area contributed by atoms with Gasteiger partial charge in [0, 0.05) is 12.1 Å². The first kappa shape index (κ1) is 13.6. The summed E-state index contributed by atoms with van der Waals surface area (Å²) in [6.07, 6.45) is 8.82. The second-order valence-corrected chi connectivity index (χ2v) is 6.28. The minimum Gasteiger partial charge on any atom is -0.292 e. The van der Waals surface area contributed by atoms with Crippen molar-refractivity contribution >= 4 is 0 Å². The summed E-state index contributed by atoms with van der Waals surface area (Å²) in [7, 11) is 0. The maximum atomic E-state index is 9.25. The molecule has 1 saturated heterocycles. The maximum Gasteiger partial charge on any atom is 0.0641 e. The van der Waals surface area contributed by atoms with E-state index in [-0.39, 0.29) is 0 Å². The van der Waals surface area contributed by atoms with Crippen LogP contribution in [0.1, 0.15) is 56.6 Å². The van der Waals surface area contributed by atoms with Crippen molar-refractivity contribution in [2.45, 2.75) is 57.0 Å². The summed E-state index contributed by atoms with van der Waals surface area (Å²) in [5, 5.41) is 9.25. The van der Waals surface area contributed by atoms with E-state index in [1.807, 2.05) is 0 Å². The average molecular weight is 268 g/mol. The normalized spacial score (nSPS) is 28.4. The van der Waals surface area contributed by atoms with Gasteiger partial charge in [0.1, 0.15) is 0 Å². The molecule has 2 heteroatoms. The molecular weight excluding hydrogens is 244 g/mol. The molecule has 3 rings (SSSR count). The Morgan fingerprint density at radius 3 is 2.65 bits per heavy atom. The highest BCUT2D eigenvalue weighted by Crippen LogP contribution is 2.40. The summed E-state index contributed by atoms with van der Waals surface area (Å²) < 4.78 is 0. The van der Waals surface area contributed by atoms with E-state index in [9.17, 15) is 5.26 Å². The number of benzene rings is 1. The Bertz CT molecular complexity index is 460. The van der Waals surface area contributed by atoms with E-state index >= 15 is 0 Å². The van der Waals surface area contributed by atoms with Crippen LogP contribution in [0.4, 0.5) is 0 Å². The zero-order valence-electron chi connectivity index (χ0n) is 12.2. The molecule has 0 bridgehead atoms. The Balaban J connectivity index is 1.84. The summed E-state index contributed by atoms with van der Waals surface area (Å²) in [6, 6.07) is 14.1. The van der Waals surface area contributed by atoms with Crippen molar-refractivity contribution in [1.29, 1.82) is 5.26 Å². The lowest BCUT2D eigenvalue weighted by molar-refractivity contribution is 0.0262. The Morgan fingerprint density at radius 2 is 1.85 bits per heavy atom. The highest BCUT2D eigenvalue weighted by Gasteiger charge is 2.36. The molecule has 0 radical (unpaired) electrons. The van der Waals surface area contributed by atoms with Gasteiger partial charge in [0.2, 0.25) is 0 Å². The molecule has 2 fully saturated rings. The SMILES string of the molecule is N#CCC(c1ccccc1)N1CCC[C@H]2CCCC[C@H]21. The van der Waals surface area contributed by atoms with Crippen molar-refractivity contribution in [3.63, 3.8) is 0 Å². The van der Waals surface area contributed by atoms with Crippen molar-refractivity contribution in [3.8, 4) is 6.07 Å². The van der Waals surface area contributed by atoms with Crippen molar-refractivity contribution in [2.75, 3.05) is 6.54 Å². The molecule has 1 aliphatic carbocycles. The van der Waals surface area contributed by atoms with Gasteiger partial charge < -0.3 is 0 Å². The maximum absolute atomic E-state index is 9.25. The zero-order chi connectivity index (χ0) is 13.8. The van der Waals surface area contributed by atoms with E-state index < -0.39 is 0 Å². The molecule has 1 aromatic rings. The smallest absolute Gasteiger partial charge is 0.0641 e. The Labute approximate surface area is 122 Å². The minimum absolute atomic E-state index is 0.298. The first-order valence-corrected chi connectivity index (χ1v) is 8.08. The zero-order valence-corrected chi connectivity index (χ0v) is 12.2. The van der Waals surface area contributed by atoms with E-state index in [0.29, 0.717) is 12.5 Å². The van der Waals surface area contributed by atoms with E-state index in [2.05, 4.69) is 41.3 Å². The second kappa shape index (κ2) is 6.41. The Kier molecular flexibility index (Phi) is 4.38. The number of nitrogens with zero attached hydrogens (tertiary/aromatic N) is 2. The third kappa shape index (κ3) is 2.74. The molecule has 106 valence electrons. The van der Waals surface area contributed by atoms with Gasteiger partial charge in [-0.1, -0.05) is 43.2 Å². The van der Waals surface area contributed by atoms with Gasteiger partial charge in [-0.05, 0) is 43.7 Å². The first-order valence-electron chi connectivity index (χ1n) is 8.08. The number of hydrogen-bond donors (Lipinski definition) is 0. The van der Waals surface area contributed by atoms with Gasteiger partial charge in [-0.15, -0.1) is 0 Å². The number of rotatable bonds is 3. The standard InChI is InChI=1S/C18H24N2/c19-13-12-18(15-7-2-1-3-8-15)20-14-6-10-16-9-4-5-11-17(16)20/h1-3,7-8,16-18H,4-6,9-12,14H2/t16-,17-,18?/m1/s1. The van der Waals surface area contributed by atoms with E-state index in [1.165, 1.54) is 50.6 Å². The summed E-state index contributed by atoms with van der Waals surface area (Å²) in [5.74, 6) is 0.877. The van der Waals surface area contributed by atoms with Crippen molar-refractivity contribution in [1.82, 2.24) is 4.90 Å². The van der Waals surface area contributed by atoms with Gasteiger partial charge in [-0.2, -0.15) is 5.26 Å². The number of hydrogen-bond acceptors (Lipinski definition) is 2. The van der Waals surface area contributed by atoms with E-state index in [1.54, 1.807) is 0 Å². The fraction of sp³-hybridized carbons (Fsp3) is 0.611. The van der Waals surface area contributed by atoms with Gasteiger partial charge in [0.25, 0.3) is 0 Å². The molecule has 0 amide bonds. The summed E-state index contributed by atoms with van der Waals surface area (Å²) in [5.41, 5.74) is 1.32. The summed E-state index contributed by atoms with van der Waals surface area (Å²) in [4.78, 5) is 2.66. The van der Waals surface area contributed by atoms with Crippen molar-refractivity contribution in [2.24, 2.45) is 5.92 Å². The molecule has 0 aromatic heterocycles. The first-order chi connectivity index (χ1) is 9.90. The van der Waals surface area contributed by atoms with Gasteiger partial charge in [0.05, 0.1) is 12.5 Å². The monoisotopic (exact) mass is 268 g/mol. The predicted molar refractivity (Wildman–Crippen MR) is 81.1 cm³/mol. The number of nitriles is 1. The molecule has 1 heterocycles. The van der Waals surface area contributed by atoms with Crippen LogP contribution in [0.15, 0.2) is 30.3 Å². The van der Waals surface area contributed by atoms with Crippen LogP contribution in [0.3, 0.4) is 0 Å². The van der Waals surface area contributed by atoms with Crippen LogP contribution in [0, 0.1) is 17.2 Å². The van der Waals surface area contributed by atoms with Crippen LogP contribution in [0.2, 0.25) is 0 Å². The highest BCUT2D eigenvalue weighted by molar-refractivity contribution is 5.20. The van der Waals surface area contributed by atoms with Gasteiger partial charge in [-0.25, -0.2) is 0 Å². The van der Waals surface area contributed by atoms with Crippen LogP contribution in [-0.4, -0.2) is 17.5 Å². The van der Waals surface area contributed by atoms with E-state index in [4.69, 9.17) is 0 Å². The molecule has 2 aliphatic rings. The third-order valence-electron chi connectivity index (χ3n) is 5.16. The van der Waals surface area contributed by atoms with E-state index in [0.717, 1.165) is 12.0 Å². The molecule has 1 aliphatic heterocycles. The predicted octanol–water partition coefficient (Wildman–Crippen LogP) is 4.30. The molecule has 1 unspecified atom stereocenters. The van der Waals surface area contributed by atoms with Gasteiger partial charge in [-0.3, -0.25) is 4.90 Å². The minimum atomic E-state index is 0.298. The fourth-order valence-corrected chi connectivity index (χ4v) is 4.24. The highest BCUT2D eigenvalue weighted by atomic mass is 15.2. The lowest BCUT2D eigenvalue weighted by Gasteiger charge is -2.47. The quantitative estimate of drug-likeness (QED) is 0.817. The number of piperidine rings is 1. The van der Waals surface area contributed by atoms with Crippen molar-refractivity contribution in [3.05, 3.63) is 35.9 Å². The number of fused-ring (bicyclic) bond motifs is 1. The Hall–Kier alpha value is -1.33. The molecule has 3 atom stereocenters. The van der Waals surface area contributed by atoms with Crippen LogP contribution in [0.25, 0.3) is 0 Å². The molecule has 1 aromatic carbocycles. The molecule has 2 nitrogen and oxygen atoms in total. The van der Waals surface area contributed by atoms with Gasteiger partial charge >= 0.3 is 0 Å². The topological polar surface area (TPSA) is 27.0 Å². The molecule has 20 heavy (non-hydrogen) atoms. The van der Waals surface area contributed by atoms with Gasteiger partial charge in [0.15, 0.2) is 0 Å². The lowest BCUT2D eigenvalue weighted by Crippen LogP contribution is -2.48. The second-order valence-electron chi connectivity index (χ2n) is 6.28. The van der Waals surface area contributed by atoms with Crippen LogP contribution in [0.5, 0.6) is 0 Å².